The molecule has 0 atom stereocenters. The van der Waals surface area contributed by atoms with Gasteiger partial charge in [0.1, 0.15) is 5.75 Å². The van der Waals surface area contributed by atoms with Gasteiger partial charge in [-0.25, -0.2) is 0 Å². The summed E-state index contributed by atoms with van der Waals surface area (Å²) in [6.07, 6.45) is 4.45. The molecule has 1 aliphatic rings. The summed E-state index contributed by atoms with van der Waals surface area (Å²) in [5, 5.41) is 3.49. The standard InChI is InChI=1S/C24H32N4O2/c1-26-24(27-14-11-19-7-9-22(10-8-19)30-18-23(25)29)28-15-12-21(13-16-28)17-20-5-3-2-4-6-20/h2-10,21H,11-18H2,1H3,(H2,25,29)(H,26,27). The third-order valence-corrected chi connectivity index (χ3v) is 5.49. The number of nitrogens with one attached hydrogen (secondary N) is 1. The Morgan fingerprint density at radius 3 is 2.43 bits per heavy atom. The van der Waals surface area contributed by atoms with Crippen LogP contribution in [0, 0.1) is 5.92 Å². The number of carbonyl (C=O) groups is 1. The van der Waals surface area contributed by atoms with Crippen LogP contribution in [0.25, 0.3) is 0 Å². The van der Waals surface area contributed by atoms with E-state index in [4.69, 9.17) is 10.5 Å². The summed E-state index contributed by atoms with van der Waals surface area (Å²) >= 11 is 0. The second-order valence-corrected chi connectivity index (χ2v) is 7.74. The van der Waals surface area contributed by atoms with E-state index in [9.17, 15) is 4.79 Å². The Morgan fingerprint density at radius 2 is 1.80 bits per heavy atom. The molecule has 1 aliphatic heterocycles. The smallest absolute Gasteiger partial charge is 0.255 e. The molecule has 30 heavy (non-hydrogen) atoms. The normalized spacial score (nSPS) is 15.1. The zero-order valence-electron chi connectivity index (χ0n) is 17.7. The first-order valence-corrected chi connectivity index (χ1v) is 10.6. The molecule has 0 aromatic heterocycles. The van der Waals surface area contributed by atoms with Crippen LogP contribution in [-0.4, -0.2) is 50.1 Å². The monoisotopic (exact) mass is 408 g/mol. The summed E-state index contributed by atoms with van der Waals surface area (Å²) in [5.74, 6) is 1.91. The van der Waals surface area contributed by atoms with Crippen LogP contribution in [0.15, 0.2) is 59.6 Å². The van der Waals surface area contributed by atoms with Crippen molar-refractivity contribution in [3.63, 3.8) is 0 Å². The van der Waals surface area contributed by atoms with Crippen molar-refractivity contribution < 1.29 is 9.53 Å². The molecule has 6 nitrogen and oxygen atoms in total. The predicted octanol–water partition coefficient (Wildman–Crippen LogP) is 2.62. The Morgan fingerprint density at radius 1 is 1.10 bits per heavy atom. The molecule has 0 saturated carbocycles. The van der Waals surface area contributed by atoms with E-state index in [1.54, 1.807) is 0 Å². The maximum absolute atomic E-state index is 10.8. The first kappa shape index (κ1) is 21.7. The molecule has 0 spiro atoms. The van der Waals surface area contributed by atoms with Crippen molar-refractivity contribution in [2.75, 3.05) is 33.3 Å². The third kappa shape index (κ3) is 6.79. The number of guanidine groups is 1. The molecule has 1 saturated heterocycles. The van der Waals surface area contributed by atoms with Gasteiger partial charge in [-0.3, -0.25) is 9.79 Å². The summed E-state index contributed by atoms with van der Waals surface area (Å²) < 4.78 is 5.29. The van der Waals surface area contributed by atoms with E-state index in [2.05, 4.69) is 45.5 Å². The summed E-state index contributed by atoms with van der Waals surface area (Å²) in [7, 11) is 1.85. The Labute approximate surface area is 179 Å². The fourth-order valence-electron chi connectivity index (χ4n) is 3.85. The number of benzene rings is 2. The van der Waals surface area contributed by atoms with Gasteiger partial charge in [0.15, 0.2) is 12.6 Å². The van der Waals surface area contributed by atoms with Crippen LogP contribution in [-0.2, 0) is 17.6 Å². The largest absolute Gasteiger partial charge is 0.484 e. The van der Waals surface area contributed by atoms with E-state index in [-0.39, 0.29) is 6.61 Å². The minimum Gasteiger partial charge on any atom is -0.484 e. The number of carbonyl (C=O) groups excluding carboxylic acids is 1. The summed E-state index contributed by atoms with van der Waals surface area (Å²) in [6, 6.07) is 18.5. The molecule has 0 radical (unpaired) electrons. The van der Waals surface area contributed by atoms with Gasteiger partial charge in [0.25, 0.3) is 5.91 Å². The highest BCUT2D eigenvalue weighted by molar-refractivity contribution is 5.80. The number of hydrogen-bond acceptors (Lipinski definition) is 3. The lowest BCUT2D eigenvalue weighted by molar-refractivity contribution is -0.119. The number of nitrogens with two attached hydrogens (primary N) is 1. The van der Waals surface area contributed by atoms with Gasteiger partial charge in [-0.05, 0) is 54.9 Å². The second-order valence-electron chi connectivity index (χ2n) is 7.74. The number of piperidine rings is 1. The van der Waals surface area contributed by atoms with Crippen LogP contribution in [0.1, 0.15) is 24.0 Å². The zero-order valence-corrected chi connectivity index (χ0v) is 17.7. The van der Waals surface area contributed by atoms with Crippen LogP contribution in [0.2, 0.25) is 0 Å². The minimum absolute atomic E-state index is 0.0979. The van der Waals surface area contributed by atoms with Crippen molar-refractivity contribution in [3.05, 3.63) is 65.7 Å². The summed E-state index contributed by atoms with van der Waals surface area (Å²) in [6.45, 7) is 2.81. The lowest BCUT2D eigenvalue weighted by Crippen LogP contribution is -2.46. The molecular weight excluding hydrogens is 376 g/mol. The van der Waals surface area contributed by atoms with E-state index < -0.39 is 5.91 Å². The fourth-order valence-corrected chi connectivity index (χ4v) is 3.85. The average molecular weight is 409 g/mol. The first-order chi connectivity index (χ1) is 14.6. The molecule has 3 rings (SSSR count). The number of ether oxygens (including phenoxy) is 1. The third-order valence-electron chi connectivity index (χ3n) is 5.49. The van der Waals surface area contributed by atoms with Crippen molar-refractivity contribution in [1.29, 1.82) is 0 Å². The van der Waals surface area contributed by atoms with Crippen molar-refractivity contribution in [3.8, 4) is 5.75 Å². The Hall–Kier alpha value is -3.02. The number of nitrogens with zero attached hydrogens (tertiary/aromatic N) is 2. The van der Waals surface area contributed by atoms with E-state index in [0.717, 1.165) is 37.9 Å². The number of aliphatic imine (C=N–C) groups is 1. The van der Waals surface area contributed by atoms with Crippen molar-refractivity contribution >= 4 is 11.9 Å². The Kier molecular flexibility index (Phi) is 8.12. The molecule has 1 fully saturated rings. The highest BCUT2D eigenvalue weighted by atomic mass is 16.5. The maximum atomic E-state index is 10.8. The van der Waals surface area contributed by atoms with Gasteiger partial charge in [-0.2, -0.15) is 0 Å². The van der Waals surface area contributed by atoms with E-state index in [1.807, 2.05) is 31.3 Å². The van der Waals surface area contributed by atoms with Crippen molar-refractivity contribution in [1.82, 2.24) is 10.2 Å². The molecule has 1 heterocycles. The number of likely N-dealkylation sites (tertiary alicyclic amines) is 1. The lowest BCUT2D eigenvalue weighted by atomic mass is 9.90. The lowest BCUT2D eigenvalue weighted by Gasteiger charge is -2.34. The molecule has 6 heteroatoms. The zero-order chi connectivity index (χ0) is 21.2. The van der Waals surface area contributed by atoms with Crippen molar-refractivity contribution in [2.24, 2.45) is 16.6 Å². The molecule has 1 amide bonds. The van der Waals surface area contributed by atoms with Crippen LogP contribution in [0.3, 0.4) is 0 Å². The number of amides is 1. The number of hydrogen-bond donors (Lipinski definition) is 2. The summed E-state index contributed by atoms with van der Waals surface area (Å²) in [5.41, 5.74) is 7.73. The molecular formula is C24H32N4O2. The molecule has 2 aromatic carbocycles. The van der Waals surface area contributed by atoms with Gasteiger partial charge < -0.3 is 20.7 Å². The van der Waals surface area contributed by atoms with Crippen LogP contribution in [0.5, 0.6) is 5.75 Å². The van der Waals surface area contributed by atoms with Gasteiger partial charge in [0.05, 0.1) is 0 Å². The molecule has 0 unspecified atom stereocenters. The van der Waals surface area contributed by atoms with Gasteiger partial charge in [-0.1, -0.05) is 42.5 Å². The minimum atomic E-state index is -0.473. The number of rotatable bonds is 8. The fraction of sp³-hybridized carbons (Fsp3) is 0.417. The molecule has 0 bridgehead atoms. The molecule has 160 valence electrons. The first-order valence-electron chi connectivity index (χ1n) is 10.6. The van der Waals surface area contributed by atoms with Crippen LogP contribution < -0.4 is 15.8 Å². The molecule has 3 N–H and O–H groups in total. The quantitative estimate of drug-likeness (QED) is 0.520. The Bertz CT molecular complexity index is 813. The van der Waals surface area contributed by atoms with Gasteiger partial charge in [0, 0.05) is 26.7 Å². The van der Waals surface area contributed by atoms with Crippen LogP contribution >= 0.6 is 0 Å². The SMILES string of the molecule is CN=C(NCCc1ccc(OCC(N)=O)cc1)N1CCC(Cc2ccccc2)CC1. The van der Waals surface area contributed by atoms with E-state index in [0.29, 0.717) is 5.75 Å². The number of primary amides is 1. The summed E-state index contributed by atoms with van der Waals surface area (Å²) in [4.78, 5) is 17.6. The highest BCUT2D eigenvalue weighted by Crippen LogP contribution is 2.21. The predicted molar refractivity (Wildman–Crippen MR) is 121 cm³/mol. The van der Waals surface area contributed by atoms with E-state index >= 15 is 0 Å². The second kappa shape index (κ2) is 11.2. The molecule has 2 aromatic rings. The average Bonchev–Trinajstić information content (AvgIpc) is 2.77. The van der Waals surface area contributed by atoms with Gasteiger partial charge in [-0.15, -0.1) is 0 Å². The highest BCUT2D eigenvalue weighted by Gasteiger charge is 2.21. The molecule has 0 aliphatic carbocycles. The van der Waals surface area contributed by atoms with Crippen molar-refractivity contribution in [2.45, 2.75) is 25.7 Å². The maximum Gasteiger partial charge on any atom is 0.255 e. The van der Waals surface area contributed by atoms with Gasteiger partial charge >= 0.3 is 0 Å². The van der Waals surface area contributed by atoms with Gasteiger partial charge in [0.2, 0.25) is 0 Å². The topological polar surface area (TPSA) is 80.0 Å². The Balaban J connectivity index is 1.39. The van der Waals surface area contributed by atoms with E-state index in [1.165, 1.54) is 30.4 Å². The van der Waals surface area contributed by atoms with Crippen LogP contribution in [0.4, 0.5) is 0 Å².